The number of urea groups is 1. The monoisotopic (exact) mass is 698 g/mol. The van der Waals surface area contributed by atoms with Crippen LogP contribution in [0.3, 0.4) is 0 Å². The summed E-state index contributed by atoms with van der Waals surface area (Å²) in [7, 11) is -2.53. The lowest BCUT2D eigenvalue weighted by molar-refractivity contribution is -0.253. The summed E-state index contributed by atoms with van der Waals surface area (Å²) in [6, 6.07) is 23.7. The molecule has 1 fully saturated rings. The van der Waals surface area contributed by atoms with Crippen LogP contribution < -0.4 is 20.7 Å². The topological polar surface area (TPSA) is 108 Å². The lowest BCUT2D eigenvalue weighted by Crippen LogP contribution is -2.57. The predicted molar refractivity (Wildman–Crippen MR) is 167 cm³/mol. The van der Waals surface area contributed by atoms with Gasteiger partial charge in [0.1, 0.15) is 29.0 Å². The van der Waals surface area contributed by atoms with Gasteiger partial charge in [0, 0.05) is 12.5 Å². The molecule has 49 heavy (non-hydrogen) atoms. The smallest absolute Gasteiger partial charge is 0.428 e. The largest absolute Gasteiger partial charge is 0.461 e. The van der Waals surface area contributed by atoms with Gasteiger partial charge in [0.2, 0.25) is 5.78 Å². The molecule has 2 amide bonds. The quantitative estimate of drug-likeness (QED) is 0.114. The summed E-state index contributed by atoms with van der Waals surface area (Å²) in [5.74, 6) is -3.65. The first-order valence-corrected chi connectivity index (χ1v) is 16.1. The van der Waals surface area contributed by atoms with Gasteiger partial charge in [-0.15, -0.1) is 0 Å². The highest BCUT2D eigenvalue weighted by molar-refractivity contribution is 7.55. The van der Waals surface area contributed by atoms with E-state index in [-0.39, 0.29) is 35.7 Å². The number of alkyl halides is 4. The van der Waals surface area contributed by atoms with Gasteiger partial charge < -0.3 is 15.4 Å². The van der Waals surface area contributed by atoms with E-state index in [0.717, 1.165) is 24.3 Å². The molecule has 1 aliphatic rings. The summed E-state index contributed by atoms with van der Waals surface area (Å²) in [6.07, 6.45) is -9.28. The molecular formula is C35H27F6N3O4P+. The fraction of sp³-hybridized carbons (Fsp3) is 0.229. The average molecular weight is 699 g/mol. The molecule has 3 atom stereocenters. The van der Waals surface area contributed by atoms with Crippen LogP contribution in [0.2, 0.25) is 0 Å². The number of amides is 2. The van der Waals surface area contributed by atoms with Crippen LogP contribution in [0.4, 0.5) is 31.1 Å². The van der Waals surface area contributed by atoms with Gasteiger partial charge in [-0.25, -0.2) is 13.6 Å². The van der Waals surface area contributed by atoms with Gasteiger partial charge in [0.15, 0.2) is 5.30 Å². The van der Waals surface area contributed by atoms with E-state index in [0.29, 0.717) is 11.6 Å². The van der Waals surface area contributed by atoms with Crippen LogP contribution >= 0.6 is 7.80 Å². The van der Waals surface area contributed by atoms with Crippen molar-refractivity contribution in [3.63, 3.8) is 0 Å². The van der Waals surface area contributed by atoms with E-state index >= 15 is 4.39 Å². The number of carbonyl (C=O) groups is 2. The van der Waals surface area contributed by atoms with Gasteiger partial charge in [-0.05, 0) is 65.9 Å². The summed E-state index contributed by atoms with van der Waals surface area (Å²) in [6.45, 7) is 0. The first-order chi connectivity index (χ1) is 23.3. The first-order valence-electron chi connectivity index (χ1n) is 14.8. The molecule has 5 rings (SSSR count). The predicted octanol–water partition coefficient (Wildman–Crippen LogP) is 7.13. The number of ketones is 1. The van der Waals surface area contributed by atoms with Crippen molar-refractivity contribution in [3.8, 4) is 11.8 Å². The van der Waals surface area contributed by atoms with Crippen LogP contribution in [0.15, 0.2) is 103 Å². The first kappa shape index (κ1) is 35.1. The van der Waals surface area contributed by atoms with E-state index in [2.05, 4.69) is 15.4 Å². The van der Waals surface area contributed by atoms with Gasteiger partial charge in [0.05, 0.1) is 5.54 Å². The van der Waals surface area contributed by atoms with Crippen LogP contribution in [0.5, 0.6) is 5.75 Å². The van der Waals surface area contributed by atoms with E-state index in [1.807, 2.05) is 0 Å². The van der Waals surface area contributed by atoms with Crippen molar-refractivity contribution in [2.24, 2.45) is 0 Å². The van der Waals surface area contributed by atoms with E-state index in [1.54, 1.807) is 54.6 Å². The Bertz CT molecular complexity index is 1890. The summed E-state index contributed by atoms with van der Waals surface area (Å²) in [5.41, 5.74) is -4.76. The van der Waals surface area contributed by atoms with Crippen molar-refractivity contribution in [2.45, 2.75) is 48.5 Å². The van der Waals surface area contributed by atoms with E-state index in [9.17, 15) is 41.4 Å². The Morgan fingerprint density at radius 3 is 2.06 bits per heavy atom. The maximum Gasteiger partial charge on any atom is 0.461 e. The Morgan fingerprint density at radius 2 is 1.49 bits per heavy atom. The fourth-order valence-corrected chi connectivity index (χ4v) is 6.80. The third-order valence-electron chi connectivity index (χ3n) is 8.04. The van der Waals surface area contributed by atoms with Crippen molar-refractivity contribution < 1.29 is 45.2 Å². The normalized spacial score (nSPS) is 15.7. The molecule has 14 heteroatoms. The van der Waals surface area contributed by atoms with Crippen LogP contribution in [-0.4, -0.2) is 35.5 Å². The third-order valence-corrected chi connectivity index (χ3v) is 9.66. The minimum atomic E-state index is -5.00. The van der Waals surface area contributed by atoms with Gasteiger partial charge in [-0.2, -0.15) is 22.8 Å². The van der Waals surface area contributed by atoms with Crippen LogP contribution in [-0.2, 0) is 21.3 Å². The van der Waals surface area contributed by atoms with Gasteiger partial charge in [-0.3, -0.25) is 4.79 Å². The maximum absolute atomic E-state index is 15.1. The molecule has 0 aliphatic heterocycles. The van der Waals surface area contributed by atoms with Crippen molar-refractivity contribution in [1.29, 1.82) is 5.26 Å². The Labute approximate surface area is 277 Å². The molecule has 7 nitrogen and oxygen atoms in total. The maximum atomic E-state index is 15.1. The molecule has 3 unspecified atom stereocenters. The summed E-state index contributed by atoms with van der Waals surface area (Å²) in [5, 5.41) is 15.4. The molecule has 4 aromatic carbocycles. The second-order valence-electron chi connectivity index (χ2n) is 11.4. The molecule has 0 radical (unpaired) electrons. The van der Waals surface area contributed by atoms with Gasteiger partial charge in [-0.1, -0.05) is 65.2 Å². The molecule has 2 N–H and O–H groups in total. The Kier molecular flexibility index (Phi) is 10.1. The number of rotatable bonds is 13. The second-order valence-corrected chi connectivity index (χ2v) is 13.1. The third kappa shape index (κ3) is 7.76. The summed E-state index contributed by atoms with van der Waals surface area (Å²) in [4.78, 5) is 27.5. The number of nitrogens with one attached hydrogen (secondary N) is 2. The number of carbonyl (C=O) groups excluding carboxylic acids is 2. The highest BCUT2D eigenvalue weighted by atomic mass is 31.1. The number of benzene rings is 4. The number of Topliss-reactive ketones (excluding diaryl/α,β-unsaturated/α-hetero) is 1. The van der Waals surface area contributed by atoms with Gasteiger partial charge in [0.25, 0.3) is 0 Å². The second kappa shape index (κ2) is 14.1. The molecule has 252 valence electrons. The lowest BCUT2D eigenvalue weighted by Gasteiger charge is -2.37. The molecular weight excluding hydrogens is 671 g/mol. The minimum absolute atomic E-state index is 0.0955. The van der Waals surface area contributed by atoms with E-state index in [4.69, 9.17) is 0 Å². The molecule has 0 aromatic heterocycles. The lowest BCUT2D eigenvalue weighted by atomic mass is 9.77. The molecule has 1 saturated carbocycles. The fourth-order valence-electron chi connectivity index (χ4n) is 5.47. The summed E-state index contributed by atoms with van der Waals surface area (Å²) < 4.78 is 101. The summed E-state index contributed by atoms with van der Waals surface area (Å²) >= 11 is 0. The standard InChI is InChI=1S/C35H26F6N3O4P/c36-25-13-11-23(12-14-25)34(20-22-7-3-1-4-8-22,24-17-26(37)19-27(18-24)48-35(40,41)31(38)39)44-32(46)43-33(15-16-33)30(45)29(21-42)49(47)28-9-5-2-6-10-28/h1-14,17-19,29,31H,15-16,20H2,(H-,43,44,46)/p+1. The SMILES string of the molecule is N#CC(C(=O)C1(NC(=O)NC(Cc2ccccc2)(c2ccc(F)cc2)c2cc(F)cc(OC(F)(F)C(F)F)c2)CC1)[P+](=O)c1ccccc1. The van der Waals surface area contributed by atoms with Gasteiger partial charge >= 0.3 is 32.0 Å². The zero-order valence-corrected chi connectivity index (χ0v) is 26.3. The van der Waals surface area contributed by atoms with Crippen LogP contribution in [0.25, 0.3) is 0 Å². The minimum Gasteiger partial charge on any atom is -0.428 e. The Balaban J connectivity index is 1.57. The molecule has 0 heterocycles. The number of hydrogen-bond acceptors (Lipinski definition) is 5. The van der Waals surface area contributed by atoms with Crippen LogP contribution in [0, 0.1) is 23.0 Å². The van der Waals surface area contributed by atoms with Crippen molar-refractivity contribution in [3.05, 3.63) is 131 Å². The number of halogens is 6. The molecule has 0 saturated heterocycles. The van der Waals surface area contributed by atoms with E-state index in [1.165, 1.54) is 24.3 Å². The Morgan fingerprint density at radius 1 is 0.878 bits per heavy atom. The Hall–Kier alpha value is -5.21. The van der Waals surface area contributed by atoms with Crippen LogP contribution in [0.1, 0.15) is 29.5 Å². The number of ether oxygens (including phenoxy) is 1. The molecule has 0 spiro atoms. The highest BCUT2D eigenvalue weighted by Gasteiger charge is 2.59. The number of nitriles is 1. The van der Waals surface area contributed by atoms with Crippen molar-refractivity contribution >= 4 is 24.9 Å². The average Bonchev–Trinajstić information content (AvgIpc) is 3.85. The highest BCUT2D eigenvalue weighted by Crippen LogP contribution is 2.43. The molecule has 1 aliphatic carbocycles. The molecule has 4 aromatic rings. The van der Waals surface area contributed by atoms with Crippen molar-refractivity contribution in [2.75, 3.05) is 0 Å². The zero-order valence-electron chi connectivity index (χ0n) is 25.4. The molecule has 0 bridgehead atoms. The zero-order chi connectivity index (χ0) is 35.4. The number of nitrogens with zero attached hydrogens (tertiary/aromatic N) is 1. The van der Waals surface area contributed by atoms with Crippen molar-refractivity contribution in [1.82, 2.24) is 10.6 Å². The number of hydrogen-bond donors (Lipinski definition) is 2. The van der Waals surface area contributed by atoms with E-state index < -0.39 is 66.3 Å².